The molecule has 0 radical (unpaired) electrons. The highest BCUT2D eigenvalue weighted by atomic mass is 16.5. The predicted octanol–water partition coefficient (Wildman–Crippen LogP) is 4.14. The molecule has 2 heteroatoms. The zero-order chi connectivity index (χ0) is 13.2. The Labute approximate surface area is 114 Å². The zero-order valence-corrected chi connectivity index (χ0v) is 12.7. The van der Waals surface area contributed by atoms with Crippen LogP contribution in [0.2, 0.25) is 0 Å². The fraction of sp³-hybridized carbons (Fsp3) is 1.00. The lowest BCUT2D eigenvalue weighted by Gasteiger charge is -2.19. The molecular weight excluding hydrogens is 222 g/mol. The highest BCUT2D eigenvalue weighted by Gasteiger charge is 2.19. The van der Waals surface area contributed by atoms with Crippen LogP contribution in [0.15, 0.2) is 0 Å². The summed E-state index contributed by atoms with van der Waals surface area (Å²) in [6.45, 7) is 8.92. The lowest BCUT2D eigenvalue weighted by molar-refractivity contribution is 0.0309. The normalized spacial score (nSPS) is 18.8. The van der Waals surface area contributed by atoms with Crippen LogP contribution in [-0.4, -0.2) is 25.3 Å². The topological polar surface area (TPSA) is 21.3 Å². The molecule has 1 fully saturated rings. The van der Waals surface area contributed by atoms with Gasteiger partial charge in [-0.1, -0.05) is 33.1 Å². The lowest BCUT2D eigenvalue weighted by atomic mass is 10.0. The molecule has 0 aromatic heterocycles. The van der Waals surface area contributed by atoms with Crippen molar-refractivity contribution in [1.82, 2.24) is 5.32 Å². The fourth-order valence-corrected chi connectivity index (χ4v) is 2.26. The summed E-state index contributed by atoms with van der Waals surface area (Å²) >= 11 is 0. The van der Waals surface area contributed by atoms with Crippen molar-refractivity contribution in [2.75, 3.05) is 13.2 Å². The van der Waals surface area contributed by atoms with E-state index in [1.54, 1.807) is 0 Å². The van der Waals surface area contributed by atoms with Crippen LogP contribution in [0, 0.1) is 5.92 Å². The smallest absolute Gasteiger partial charge is 0.0547 e. The average molecular weight is 255 g/mol. The van der Waals surface area contributed by atoms with E-state index in [2.05, 4.69) is 26.1 Å². The second kappa shape index (κ2) is 9.80. The van der Waals surface area contributed by atoms with E-state index < -0.39 is 0 Å². The highest BCUT2D eigenvalue weighted by Crippen LogP contribution is 2.18. The summed E-state index contributed by atoms with van der Waals surface area (Å²) in [7, 11) is 0. The Bertz CT molecular complexity index is 192. The van der Waals surface area contributed by atoms with Gasteiger partial charge in [-0.25, -0.2) is 0 Å². The predicted molar refractivity (Wildman–Crippen MR) is 79.0 cm³/mol. The minimum atomic E-state index is 0.432. The molecule has 2 unspecified atom stereocenters. The first kappa shape index (κ1) is 16.0. The molecule has 1 saturated carbocycles. The molecule has 2 atom stereocenters. The zero-order valence-electron chi connectivity index (χ0n) is 12.7. The van der Waals surface area contributed by atoms with Gasteiger partial charge in [0, 0.05) is 12.6 Å². The minimum Gasteiger partial charge on any atom is -0.378 e. The summed E-state index contributed by atoms with van der Waals surface area (Å²) in [6.07, 6.45) is 10.9. The largest absolute Gasteiger partial charge is 0.378 e. The molecule has 18 heavy (non-hydrogen) atoms. The SMILES string of the molecule is CCCCC(CC)COC(C)CCCNC1CC1. The molecule has 0 aliphatic heterocycles. The van der Waals surface area contributed by atoms with E-state index in [0.717, 1.165) is 18.6 Å². The second-order valence-electron chi connectivity index (χ2n) is 5.93. The van der Waals surface area contributed by atoms with Crippen LogP contribution in [0.25, 0.3) is 0 Å². The maximum absolute atomic E-state index is 5.99. The van der Waals surface area contributed by atoms with E-state index in [9.17, 15) is 0 Å². The number of hydrogen-bond acceptors (Lipinski definition) is 2. The summed E-state index contributed by atoms with van der Waals surface area (Å²) in [5.41, 5.74) is 0. The van der Waals surface area contributed by atoms with Gasteiger partial charge in [0.05, 0.1) is 6.10 Å². The van der Waals surface area contributed by atoms with Crippen LogP contribution in [-0.2, 0) is 4.74 Å². The molecule has 0 aromatic rings. The maximum Gasteiger partial charge on any atom is 0.0547 e. The first-order valence-electron chi connectivity index (χ1n) is 8.11. The first-order valence-corrected chi connectivity index (χ1v) is 8.11. The van der Waals surface area contributed by atoms with Crippen molar-refractivity contribution in [3.05, 3.63) is 0 Å². The van der Waals surface area contributed by atoms with Crippen molar-refractivity contribution in [3.63, 3.8) is 0 Å². The molecule has 0 spiro atoms. The molecule has 0 aromatic carbocycles. The number of nitrogens with one attached hydrogen (secondary N) is 1. The highest BCUT2D eigenvalue weighted by molar-refractivity contribution is 4.80. The third kappa shape index (κ3) is 8.10. The van der Waals surface area contributed by atoms with Crippen molar-refractivity contribution in [3.8, 4) is 0 Å². The summed E-state index contributed by atoms with van der Waals surface area (Å²) in [5, 5.41) is 3.56. The Morgan fingerprint density at radius 2 is 1.94 bits per heavy atom. The fourth-order valence-electron chi connectivity index (χ4n) is 2.26. The van der Waals surface area contributed by atoms with Gasteiger partial charge in [-0.3, -0.25) is 0 Å². The van der Waals surface area contributed by atoms with Crippen LogP contribution in [0.3, 0.4) is 0 Å². The van der Waals surface area contributed by atoms with Gasteiger partial charge in [-0.05, 0) is 51.5 Å². The van der Waals surface area contributed by atoms with Crippen LogP contribution < -0.4 is 5.32 Å². The molecule has 1 rings (SSSR count). The van der Waals surface area contributed by atoms with Crippen molar-refractivity contribution in [1.29, 1.82) is 0 Å². The summed E-state index contributed by atoms with van der Waals surface area (Å²) in [5.74, 6) is 0.775. The average Bonchev–Trinajstić information content (AvgIpc) is 3.19. The molecule has 0 bridgehead atoms. The van der Waals surface area contributed by atoms with E-state index in [0.29, 0.717) is 6.10 Å². The molecule has 1 N–H and O–H groups in total. The van der Waals surface area contributed by atoms with Crippen molar-refractivity contribution < 1.29 is 4.74 Å². The van der Waals surface area contributed by atoms with Gasteiger partial charge in [0.25, 0.3) is 0 Å². The first-order chi connectivity index (χ1) is 8.76. The van der Waals surface area contributed by atoms with E-state index in [-0.39, 0.29) is 0 Å². The van der Waals surface area contributed by atoms with E-state index >= 15 is 0 Å². The van der Waals surface area contributed by atoms with Crippen molar-refractivity contribution in [2.24, 2.45) is 5.92 Å². The summed E-state index contributed by atoms with van der Waals surface area (Å²) in [6, 6.07) is 0.847. The van der Waals surface area contributed by atoms with Gasteiger partial charge >= 0.3 is 0 Å². The number of rotatable bonds is 12. The third-order valence-electron chi connectivity index (χ3n) is 3.96. The van der Waals surface area contributed by atoms with Gasteiger partial charge in [0.2, 0.25) is 0 Å². The summed E-state index contributed by atoms with van der Waals surface area (Å²) < 4.78 is 5.99. The maximum atomic E-state index is 5.99. The number of ether oxygens (including phenoxy) is 1. The molecule has 1 aliphatic rings. The van der Waals surface area contributed by atoms with E-state index in [1.165, 1.54) is 57.9 Å². The van der Waals surface area contributed by atoms with Crippen LogP contribution in [0.1, 0.15) is 72.1 Å². The Balaban J connectivity index is 1.94. The monoisotopic (exact) mass is 255 g/mol. The van der Waals surface area contributed by atoms with E-state index in [4.69, 9.17) is 4.74 Å². The quantitative estimate of drug-likeness (QED) is 0.529. The third-order valence-corrected chi connectivity index (χ3v) is 3.96. The number of unbranched alkanes of at least 4 members (excludes halogenated alkanes) is 1. The van der Waals surface area contributed by atoms with Crippen LogP contribution in [0.4, 0.5) is 0 Å². The molecule has 0 heterocycles. The molecule has 1 aliphatic carbocycles. The van der Waals surface area contributed by atoms with E-state index in [1.807, 2.05) is 0 Å². The minimum absolute atomic E-state index is 0.432. The molecular formula is C16H33NO. The Morgan fingerprint density at radius 1 is 1.17 bits per heavy atom. The van der Waals surface area contributed by atoms with Gasteiger partial charge < -0.3 is 10.1 Å². The van der Waals surface area contributed by atoms with Gasteiger partial charge in [0.15, 0.2) is 0 Å². The molecule has 0 saturated heterocycles. The van der Waals surface area contributed by atoms with Crippen LogP contribution >= 0.6 is 0 Å². The van der Waals surface area contributed by atoms with Gasteiger partial charge in [-0.15, -0.1) is 0 Å². The summed E-state index contributed by atoms with van der Waals surface area (Å²) in [4.78, 5) is 0. The molecule has 108 valence electrons. The Hall–Kier alpha value is -0.0800. The Kier molecular flexibility index (Phi) is 8.70. The number of hydrogen-bond donors (Lipinski definition) is 1. The van der Waals surface area contributed by atoms with Crippen molar-refractivity contribution >= 4 is 0 Å². The molecule has 2 nitrogen and oxygen atoms in total. The van der Waals surface area contributed by atoms with Crippen LogP contribution in [0.5, 0.6) is 0 Å². The standard InChI is InChI=1S/C16H33NO/c1-4-6-9-15(5-2)13-18-14(3)8-7-12-17-16-10-11-16/h14-17H,4-13H2,1-3H3. The van der Waals surface area contributed by atoms with Crippen molar-refractivity contribution in [2.45, 2.75) is 84.3 Å². The van der Waals surface area contributed by atoms with Gasteiger partial charge in [-0.2, -0.15) is 0 Å². The lowest BCUT2D eigenvalue weighted by Crippen LogP contribution is -2.20. The second-order valence-corrected chi connectivity index (χ2v) is 5.93. The molecule has 0 amide bonds. The van der Waals surface area contributed by atoms with Gasteiger partial charge in [0.1, 0.15) is 0 Å². The Morgan fingerprint density at radius 3 is 2.56 bits per heavy atom.